The van der Waals surface area contributed by atoms with Crippen LogP contribution in [0.3, 0.4) is 0 Å². The van der Waals surface area contributed by atoms with Crippen molar-refractivity contribution in [1.29, 1.82) is 0 Å². The largest absolute Gasteiger partial charge is 0.497 e. The summed E-state index contributed by atoms with van der Waals surface area (Å²) in [6.07, 6.45) is 1.85. The monoisotopic (exact) mass is 496 g/mol. The lowest BCUT2D eigenvalue weighted by Gasteiger charge is -2.26. The van der Waals surface area contributed by atoms with Crippen molar-refractivity contribution in [2.75, 3.05) is 13.7 Å². The Bertz CT molecular complexity index is 1620. The Morgan fingerprint density at radius 3 is 2.44 bits per heavy atom. The van der Waals surface area contributed by atoms with Gasteiger partial charge < -0.3 is 9.47 Å². The summed E-state index contributed by atoms with van der Waals surface area (Å²) in [5.41, 5.74) is 3.00. The molecule has 0 aliphatic carbocycles. The zero-order valence-electron chi connectivity index (χ0n) is 19.9. The molecule has 2 heterocycles. The first-order chi connectivity index (χ1) is 17.6. The standard InChI is InChI=1S/C29H24N2O4S/c1-3-35-28(33)24-25(20-13-8-5-9-14-20)30-29-31(26(24)21-15-10-16-22(18-21)34-2)27(32)23(36-29)17-19-11-6-4-7-12-19/h4-18,26H,3H2,1-2H3/b23-17-/t26-/m1/s1. The van der Waals surface area contributed by atoms with E-state index in [2.05, 4.69) is 0 Å². The number of carbonyl (C=O) groups is 1. The quantitative estimate of drug-likeness (QED) is 0.379. The number of benzene rings is 3. The summed E-state index contributed by atoms with van der Waals surface area (Å²) < 4.78 is 13.1. The van der Waals surface area contributed by atoms with Crippen molar-refractivity contribution >= 4 is 29.1 Å². The van der Waals surface area contributed by atoms with Crippen LogP contribution in [0.15, 0.2) is 100 Å². The molecule has 1 atom stereocenters. The molecular weight excluding hydrogens is 472 g/mol. The number of thiazole rings is 1. The van der Waals surface area contributed by atoms with Crippen LogP contribution in [0.5, 0.6) is 5.75 Å². The predicted molar refractivity (Wildman–Crippen MR) is 140 cm³/mol. The highest BCUT2D eigenvalue weighted by molar-refractivity contribution is 7.07. The minimum absolute atomic E-state index is 0.202. The second-order valence-electron chi connectivity index (χ2n) is 8.12. The molecule has 1 aliphatic heterocycles. The van der Waals surface area contributed by atoms with Crippen LogP contribution in [0.4, 0.5) is 0 Å². The molecule has 5 rings (SSSR count). The maximum Gasteiger partial charge on any atom is 0.338 e. The smallest absolute Gasteiger partial charge is 0.338 e. The molecule has 0 radical (unpaired) electrons. The Labute approximate surface area is 212 Å². The first-order valence-electron chi connectivity index (χ1n) is 11.6. The third-order valence-corrected chi connectivity index (χ3v) is 6.86. The SMILES string of the molecule is CCOC(=O)C1=C(c2ccccc2)N=c2s/c(=C\c3ccccc3)c(=O)n2[C@@H]1c1cccc(OC)c1. The van der Waals surface area contributed by atoms with Crippen LogP contribution in [0.1, 0.15) is 29.7 Å². The van der Waals surface area contributed by atoms with E-state index < -0.39 is 12.0 Å². The normalized spacial score (nSPS) is 15.3. The van der Waals surface area contributed by atoms with Gasteiger partial charge in [0.25, 0.3) is 5.56 Å². The van der Waals surface area contributed by atoms with Crippen LogP contribution in [-0.4, -0.2) is 24.3 Å². The van der Waals surface area contributed by atoms with Crippen LogP contribution in [0.25, 0.3) is 11.8 Å². The molecule has 180 valence electrons. The maximum atomic E-state index is 13.8. The van der Waals surface area contributed by atoms with Crippen LogP contribution >= 0.6 is 11.3 Å². The van der Waals surface area contributed by atoms with Crippen LogP contribution in [0, 0.1) is 0 Å². The number of methoxy groups -OCH3 is 1. The van der Waals surface area contributed by atoms with Gasteiger partial charge in [-0.3, -0.25) is 9.36 Å². The molecule has 3 aromatic carbocycles. The molecule has 0 spiro atoms. The Kier molecular flexibility index (Phi) is 6.64. The molecule has 0 saturated carbocycles. The van der Waals surface area contributed by atoms with E-state index in [-0.39, 0.29) is 12.2 Å². The third kappa shape index (κ3) is 4.41. The van der Waals surface area contributed by atoms with E-state index in [9.17, 15) is 9.59 Å². The van der Waals surface area contributed by atoms with E-state index >= 15 is 0 Å². The Morgan fingerprint density at radius 1 is 1.03 bits per heavy atom. The molecule has 0 bridgehead atoms. The molecule has 36 heavy (non-hydrogen) atoms. The molecule has 4 aromatic rings. The number of hydrogen-bond donors (Lipinski definition) is 0. The first kappa shape index (κ1) is 23.5. The molecule has 0 saturated heterocycles. The summed E-state index contributed by atoms with van der Waals surface area (Å²) in [5.74, 6) is 0.116. The van der Waals surface area contributed by atoms with E-state index in [1.165, 1.54) is 11.3 Å². The van der Waals surface area contributed by atoms with Crippen LogP contribution in [-0.2, 0) is 9.53 Å². The number of fused-ring (bicyclic) bond motifs is 1. The maximum absolute atomic E-state index is 13.8. The molecule has 0 amide bonds. The minimum Gasteiger partial charge on any atom is -0.497 e. The van der Waals surface area contributed by atoms with Crippen LogP contribution < -0.4 is 19.6 Å². The zero-order chi connectivity index (χ0) is 25.1. The number of aromatic nitrogens is 1. The highest BCUT2D eigenvalue weighted by Crippen LogP contribution is 2.36. The minimum atomic E-state index is -0.733. The van der Waals surface area contributed by atoms with Crippen molar-refractivity contribution in [3.05, 3.63) is 127 Å². The van der Waals surface area contributed by atoms with Gasteiger partial charge in [-0.05, 0) is 36.3 Å². The van der Waals surface area contributed by atoms with Crippen molar-refractivity contribution in [2.24, 2.45) is 4.99 Å². The van der Waals surface area contributed by atoms with E-state index in [4.69, 9.17) is 14.5 Å². The lowest BCUT2D eigenvalue weighted by atomic mass is 9.93. The number of carbonyl (C=O) groups excluding carboxylic acids is 1. The van der Waals surface area contributed by atoms with Gasteiger partial charge >= 0.3 is 5.97 Å². The van der Waals surface area contributed by atoms with Gasteiger partial charge in [0.2, 0.25) is 0 Å². The van der Waals surface area contributed by atoms with E-state index in [1.54, 1.807) is 18.6 Å². The number of nitrogens with zero attached hydrogens (tertiary/aromatic N) is 2. The van der Waals surface area contributed by atoms with Crippen molar-refractivity contribution in [3.8, 4) is 5.75 Å². The highest BCUT2D eigenvalue weighted by atomic mass is 32.1. The molecule has 1 aliphatic rings. The predicted octanol–water partition coefficient (Wildman–Crippen LogP) is 3.94. The topological polar surface area (TPSA) is 69.9 Å². The molecule has 7 heteroatoms. The zero-order valence-corrected chi connectivity index (χ0v) is 20.7. The lowest BCUT2D eigenvalue weighted by Crippen LogP contribution is -2.40. The van der Waals surface area contributed by atoms with Gasteiger partial charge in [0.1, 0.15) is 5.75 Å². The molecule has 6 nitrogen and oxygen atoms in total. The number of hydrogen-bond acceptors (Lipinski definition) is 6. The van der Waals surface area contributed by atoms with Gasteiger partial charge in [-0.15, -0.1) is 0 Å². The second-order valence-corrected chi connectivity index (χ2v) is 9.13. The highest BCUT2D eigenvalue weighted by Gasteiger charge is 2.35. The number of esters is 1. The summed E-state index contributed by atoms with van der Waals surface area (Å²) in [6, 6.07) is 25.8. The number of ether oxygens (including phenoxy) is 2. The van der Waals surface area contributed by atoms with E-state index in [0.29, 0.717) is 26.4 Å². The van der Waals surface area contributed by atoms with Crippen molar-refractivity contribution in [1.82, 2.24) is 4.57 Å². The fourth-order valence-corrected chi connectivity index (χ4v) is 5.27. The van der Waals surface area contributed by atoms with Gasteiger partial charge in [-0.25, -0.2) is 9.79 Å². The van der Waals surface area contributed by atoms with Crippen molar-refractivity contribution < 1.29 is 14.3 Å². The van der Waals surface area contributed by atoms with Gasteiger partial charge in [0, 0.05) is 5.56 Å². The fourth-order valence-electron chi connectivity index (χ4n) is 4.27. The molecule has 1 aromatic heterocycles. The van der Waals surface area contributed by atoms with Crippen LogP contribution in [0.2, 0.25) is 0 Å². The van der Waals surface area contributed by atoms with Crippen molar-refractivity contribution in [2.45, 2.75) is 13.0 Å². The van der Waals surface area contributed by atoms with Crippen molar-refractivity contribution in [3.63, 3.8) is 0 Å². The summed E-state index contributed by atoms with van der Waals surface area (Å²) in [6.45, 7) is 1.96. The van der Waals surface area contributed by atoms with Gasteiger partial charge in [0.05, 0.1) is 35.6 Å². The van der Waals surface area contributed by atoms with Gasteiger partial charge in [0.15, 0.2) is 4.80 Å². The number of rotatable bonds is 6. The average Bonchev–Trinajstić information content (AvgIpc) is 3.23. The Morgan fingerprint density at radius 2 is 1.75 bits per heavy atom. The third-order valence-electron chi connectivity index (χ3n) is 5.88. The summed E-state index contributed by atoms with van der Waals surface area (Å²) in [4.78, 5) is 32.6. The fraction of sp³-hybridized carbons (Fsp3) is 0.138. The van der Waals surface area contributed by atoms with E-state index in [1.807, 2.05) is 91.0 Å². The molecular formula is C29H24N2O4S. The average molecular weight is 497 g/mol. The first-order valence-corrected chi connectivity index (χ1v) is 12.4. The Hall–Kier alpha value is -4.23. The van der Waals surface area contributed by atoms with E-state index in [0.717, 1.165) is 16.7 Å². The summed E-state index contributed by atoms with van der Waals surface area (Å²) >= 11 is 1.30. The Balaban J connectivity index is 1.85. The lowest BCUT2D eigenvalue weighted by molar-refractivity contribution is -0.138. The van der Waals surface area contributed by atoms with Gasteiger partial charge in [-0.1, -0.05) is 84.1 Å². The molecule has 0 unspecified atom stereocenters. The van der Waals surface area contributed by atoms with Gasteiger partial charge in [-0.2, -0.15) is 0 Å². The summed E-state index contributed by atoms with van der Waals surface area (Å²) in [5, 5.41) is 0. The second kappa shape index (κ2) is 10.2. The summed E-state index contributed by atoms with van der Waals surface area (Å²) in [7, 11) is 1.59. The molecule has 0 fully saturated rings. The molecule has 0 N–H and O–H groups in total.